The third-order valence-electron chi connectivity index (χ3n) is 2.10. The monoisotopic (exact) mass is 243 g/mol. The Morgan fingerprint density at radius 3 is 3.12 bits per heavy atom. The molecule has 0 aliphatic heterocycles. The number of aromatic nitrogens is 1. The lowest BCUT2D eigenvalue weighted by molar-refractivity contribution is 0.0951. The first-order valence-corrected chi connectivity index (χ1v) is 6.56. The molecule has 1 atom stereocenters. The van der Waals surface area contributed by atoms with Crippen LogP contribution in [0.15, 0.2) is 10.7 Å². The van der Waals surface area contributed by atoms with Crippen molar-refractivity contribution < 1.29 is 9.21 Å². The molecule has 0 aliphatic carbocycles. The molecule has 0 aliphatic rings. The highest BCUT2D eigenvalue weighted by Gasteiger charge is 2.15. The molecule has 1 unspecified atom stereocenters. The summed E-state index contributed by atoms with van der Waals surface area (Å²) in [5.41, 5.74) is 6.03. The van der Waals surface area contributed by atoms with Gasteiger partial charge in [0.1, 0.15) is 6.26 Å². The summed E-state index contributed by atoms with van der Waals surface area (Å²) in [6, 6.07) is -0.243. The molecule has 0 radical (unpaired) electrons. The van der Waals surface area contributed by atoms with E-state index in [-0.39, 0.29) is 11.9 Å². The maximum atomic E-state index is 11.6. The van der Waals surface area contributed by atoms with Crippen LogP contribution < -0.4 is 11.1 Å². The minimum absolute atomic E-state index is 0.215. The van der Waals surface area contributed by atoms with Gasteiger partial charge in [-0.3, -0.25) is 4.79 Å². The Morgan fingerprint density at radius 2 is 2.50 bits per heavy atom. The van der Waals surface area contributed by atoms with Crippen LogP contribution in [0.2, 0.25) is 0 Å². The lowest BCUT2D eigenvalue weighted by atomic mass is 10.2. The molecule has 0 saturated heterocycles. The summed E-state index contributed by atoms with van der Waals surface area (Å²) in [6.07, 6.45) is 4.06. The molecule has 6 heteroatoms. The van der Waals surface area contributed by atoms with Gasteiger partial charge in [-0.1, -0.05) is 6.92 Å². The van der Waals surface area contributed by atoms with Crippen LogP contribution >= 0.6 is 11.8 Å². The van der Waals surface area contributed by atoms with Crippen molar-refractivity contribution in [1.82, 2.24) is 10.3 Å². The van der Waals surface area contributed by atoms with Crippen molar-refractivity contribution in [3.63, 3.8) is 0 Å². The van der Waals surface area contributed by atoms with Crippen LogP contribution in [0.1, 0.15) is 35.8 Å². The summed E-state index contributed by atoms with van der Waals surface area (Å²) in [5, 5.41) is 2.75. The van der Waals surface area contributed by atoms with Gasteiger partial charge in [-0.2, -0.15) is 11.8 Å². The number of rotatable bonds is 6. The third-order valence-corrected chi connectivity index (χ3v) is 2.72. The summed E-state index contributed by atoms with van der Waals surface area (Å²) >= 11 is 1.67. The second kappa shape index (κ2) is 6.55. The van der Waals surface area contributed by atoms with Crippen molar-refractivity contribution in [2.45, 2.75) is 19.4 Å². The molecule has 1 amide bonds. The summed E-state index contributed by atoms with van der Waals surface area (Å²) < 4.78 is 5.14. The molecule has 16 heavy (non-hydrogen) atoms. The largest absolute Gasteiger partial charge is 0.446 e. The van der Waals surface area contributed by atoms with Crippen molar-refractivity contribution in [3.05, 3.63) is 17.8 Å². The maximum Gasteiger partial charge on any atom is 0.273 e. The van der Waals surface area contributed by atoms with Gasteiger partial charge in [-0.15, -0.1) is 0 Å². The van der Waals surface area contributed by atoms with Gasteiger partial charge in [0, 0.05) is 12.3 Å². The molecule has 90 valence electrons. The predicted octanol–water partition coefficient (Wildman–Crippen LogP) is 1.18. The number of nitrogens with one attached hydrogen (secondary N) is 1. The molecule has 0 bridgehead atoms. The maximum absolute atomic E-state index is 11.6. The van der Waals surface area contributed by atoms with E-state index in [9.17, 15) is 4.79 Å². The molecule has 1 heterocycles. The van der Waals surface area contributed by atoms with Crippen LogP contribution in [0.4, 0.5) is 0 Å². The molecule has 0 aromatic carbocycles. The molecular weight excluding hydrogens is 226 g/mol. The predicted molar refractivity (Wildman–Crippen MR) is 64.4 cm³/mol. The SMILES string of the molecule is CCC(N)c1nc(C(=O)NCCSC)co1. The smallest absolute Gasteiger partial charge is 0.273 e. The van der Waals surface area contributed by atoms with Crippen LogP contribution in [0.25, 0.3) is 0 Å². The number of hydrogen-bond acceptors (Lipinski definition) is 5. The normalized spacial score (nSPS) is 12.4. The zero-order valence-electron chi connectivity index (χ0n) is 9.53. The van der Waals surface area contributed by atoms with E-state index >= 15 is 0 Å². The quantitative estimate of drug-likeness (QED) is 0.733. The average molecular weight is 243 g/mol. The van der Waals surface area contributed by atoms with Crippen LogP contribution in [-0.4, -0.2) is 29.4 Å². The molecule has 1 aromatic heterocycles. The van der Waals surface area contributed by atoms with E-state index in [4.69, 9.17) is 10.2 Å². The van der Waals surface area contributed by atoms with Gasteiger partial charge in [0.05, 0.1) is 6.04 Å². The molecule has 0 fully saturated rings. The molecule has 0 spiro atoms. The topological polar surface area (TPSA) is 81.1 Å². The van der Waals surface area contributed by atoms with Gasteiger partial charge in [0.25, 0.3) is 5.91 Å². The van der Waals surface area contributed by atoms with E-state index in [0.717, 1.165) is 12.2 Å². The van der Waals surface area contributed by atoms with E-state index in [1.54, 1.807) is 11.8 Å². The summed E-state index contributed by atoms with van der Waals surface area (Å²) in [4.78, 5) is 15.6. The highest BCUT2D eigenvalue weighted by molar-refractivity contribution is 7.98. The zero-order valence-corrected chi connectivity index (χ0v) is 10.3. The van der Waals surface area contributed by atoms with Crippen LogP contribution in [0.3, 0.4) is 0 Å². The van der Waals surface area contributed by atoms with E-state index in [1.807, 2.05) is 13.2 Å². The fourth-order valence-corrected chi connectivity index (χ4v) is 1.40. The fraction of sp³-hybridized carbons (Fsp3) is 0.600. The molecule has 5 nitrogen and oxygen atoms in total. The minimum atomic E-state index is -0.243. The fourth-order valence-electron chi connectivity index (χ4n) is 1.09. The molecule has 1 rings (SSSR count). The first kappa shape index (κ1) is 13.1. The Balaban J connectivity index is 2.53. The zero-order chi connectivity index (χ0) is 12.0. The van der Waals surface area contributed by atoms with Crippen molar-refractivity contribution in [2.24, 2.45) is 5.73 Å². The van der Waals surface area contributed by atoms with Gasteiger partial charge >= 0.3 is 0 Å². The molecule has 3 N–H and O–H groups in total. The highest BCUT2D eigenvalue weighted by atomic mass is 32.2. The number of nitrogens with zero attached hydrogens (tertiary/aromatic N) is 1. The summed E-state index contributed by atoms with van der Waals surface area (Å²) in [6.45, 7) is 2.56. The number of hydrogen-bond donors (Lipinski definition) is 2. The van der Waals surface area contributed by atoms with Crippen molar-refractivity contribution in [1.29, 1.82) is 0 Å². The first-order valence-electron chi connectivity index (χ1n) is 5.17. The Labute approximate surface area is 99.2 Å². The van der Waals surface area contributed by atoms with E-state index in [0.29, 0.717) is 18.1 Å². The van der Waals surface area contributed by atoms with E-state index in [1.165, 1.54) is 6.26 Å². The second-order valence-corrected chi connectivity index (χ2v) is 4.32. The second-order valence-electron chi connectivity index (χ2n) is 3.33. The molecule has 1 aromatic rings. The third kappa shape index (κ3) is 3.53. The van der Waals surface area contributed by atoms with Crippen LogP contribution in [-0.2, 0) is 0 Å². The summed E-state index contributed by atoms with van der Waals surface area (Å²) in [7, 11) is 0. The minimum Gasteiger partial charge on any atom is -0.446 e. The van der Waals surface area contributed by atoms with E-state index < -0.39 is 0 Å². The van der Waals surface area contributed by atoms with Gasteiger partial charge < -0.3 is 15.5 Å². The summed E-state index contributed by atoms with van der Waals surface area (Å²) in [5.74, 6) is 1.08. The van der Waals surface area contributed by atoms with Crippen LogP contribution in [0.5, 0.6) is 0 Å². The van der Waals surface area contributed by atoms with Crippen molar-refractivity contribution >= 4 is 17.7 Å². The standard InChI is InChI=1S/C10H17N3O2S/c1-3-7(11)10-13-8(6-15-10)9(14)12-4-5-16-2/h6-7H,3-5,11H2,1-2H3,(H,12,14). The first-order chi connectivity index (χ1) is 7.69. The number of thioether (sulfide) groups is 1. The van der Waals surface area contributed by atoms with Crippen molar-refractivity contribution in [2.75, 3.05) is 18.6 Å². The van der Waals surface area contributed by atoms with Crippen LogP contribution in [0, 0.1) is 0 Å². The van der Waals surface area contributed by atoms with Crippen molar-refractivity contribution in [3.8, 4) is 0 Å². The van der Waals surface area contributed by atoms with Gasteiger partial charge in [-0.25, -0.2) is 4.98 Å². The van der Waals surface area contributed by atoms with Gasteiger partial charge in [0.2, 0.25) is 5.89 Å². The molecular formula is C10H17N3O2S. The highest BCUT2D eigenvalue weighted by Crippen LogP contribution is 2.12. The average Bonchev–Trinajstić information content (AvgIpc) is 2.77. The molecule has 0 saturated carbocycles. The Morgan fingerprint density at radius 1 is 1.75 bits per heavy atom. The number of amides is 1. The number of carbonyl (C=O) groups is 1. The van der Waals surface area contributed by atoms with E-state index in [2.05, 4.69) is 10.3 Å². The Kier molecular flexibility index (Phi) is 5.34. The van der Waals surface area contributed by atoms with Gasteiger partial charge in [0.15, 0.2) is 5.69 Å². The lowest BCUT2D eigenvalue weighted by Gasteiger charge is -2.01. The number of oxazole rings is 1. The Hall–Kier alpha value is -1.01. The Bertz CT molecular complexity index is 341. The number of nitrogens with two attached hydrogens (primary N) is 1. The lowest BCUT2D eigenvalue weighted by Crippen LogP contribution is -2.26. The number of carbonyl (C=O) groups excluding carboxylic acids is 1. The van der Waals surface area contributed by atoms with Gasteiger partial charge in [-0.05, 0) is 12.7 Å².